The van der Waals surface area contributed by atoms with Gasteiger partial charge in [-0.15, -0.1) is 0 Å². The molecule has 1 aliphatic heterocycles. The lowest BCUT2D eigenvalue weighted by Gasteiger charge is -2.07. The van der Waals surface area contributed by atoms with Crippen LogP contribution in [0.2, 0.25) is 0 Å². The van der Waals surface area contributed by atoms with Crippen molar-refractivity contribution in [3.05, 3.63) is 111 Å². The summed E-state index contributed by atoms with van der Waals surface area (Å²) in [5.41, 5.74) is 5.17. The summed E-state index contributed by atoms with van der Waals surface area (Å²) in [5, 5.41) is 11.3. The molecule has 0 radical (unpaired) electrons. The highest BCUT2D eigenvalue weighted by atomic mass is 32.2. The van der Waals surface area contributed by atoms with Crippen LogP contribution in [0.5, 0.6) is 5.75 Å². The molecule has 0 unspecified atom stereocenters. The van der Waals surface area contributed by atoms with Crippen LogP contribution in [-0.2, 0) is 22.6 Å². The van der Waals surface area contributed by atoms with E-state index >= 15 is 0 Å². The Kier molecular flexibility index (Phi) is 8.28. The number of thioether (sulfide) groups is 1. The average molecular weight is 500 g/mol. The molecule has 0 saturated carbocycles. The molecule has 36 heavy (non-hydrogen) atoms. The molecule has 3 aromatic rings. The van der Waals surface area contributed by atoms with Gasteiger partial charge in [-0.2, -0.15) is 0 Å². The first kappa shape index (κ1) is 25.3. The molecule has 0 atom stereocenters. The Labute approximate surface area is 216 Å². The maximum absolute atomic E-state index is 12.6. The number of aliphatic imine (C=N–C) groups is 1. The lowest BCUT2D eigenvalue weighted by molar-refractivity contribution is -0.138. The summed E-state index contributed by atoms with van der Waals surface area (Å²) in [6, 6.07) is 23.6. The zero-order valence-corrected chi connectivity index (χ0v) is 21.5. The van der Waals surface area contributed by atoms with Gasteiger partial charge < -0.3 is 14.6 Å². The Morgan fingerprint density at radius 3 is 2.42 bits per heavy atom. The summed E-state index contributed by atoms with van der Waals surface area (Å²) < 4.78 is 11.1. The summed E-state index contributed by atoms with van der Waals surface area (Å²) in [7, 11) is 0. The monoisotopic (exact) mass is 499 g/mol. The second-order valence-corrected chi connectivity index (χ2v) is 9.37. The molecule has 1 N–H and O–H groups in total. The number of aryl methyl sites for hydroxylation is 2. The SMILES string of the molecule is CCOC(=O)C1=C(O)/C(=C\c2ccc(OCc3cccc(C)c3)cc2)SC1=Nc1ccc(CC)cc1. The van der Waals surface area contributed by atoms with Crippen LogP contribution in [0.3, 0.4) is 0 Å². The van der Waals surface area contributed by atoms with Crippen molar-refractivity contribution in [3.8, 4) is 5.75 Å². The normalized spacial score (nSPS) is 15.5. The standard InChI is InChI=1S/C30H29NO4S/c1-4-21-9-13-24(14-10-21)31-29-27(30(33)34-5-2)28(32)26(36-29)18-22-11-15-25(16-12-22)35-19-23-8-6-7-20(3)17-23/h6-18,32H,4-5,19H2,1-3H3/b26-18+,31-29?. The number of hydrogen-bond donors (Lipinski definition) is 1. The van der Waals surface area contributed by atoms with Crippen molar-refractivity contribution in [2.24, 2.45) is 4.99 Å². The number of ether oxygens (including phenoxy) is 2. The number of carbonyl (C=O) groups is 1. The van der Waals surface area contributed by atoms with Gasteiger partial charge in [0.05, 0.1) is 17.2 Å². The van der Waals surface area contributed by atoms with Crippen molar-refractivity contribution < 1.29 is 19.4 Å². The van der Waals surface area contributed by atoms with Crippen molar-refractivity contribution in [2.45, 2.75) is 33.8 Å². The van der Waals surface area contributed by atoms with Crippen molar-refractivity contribution >= 4 is 34.5 Å². The molecule has 5 nitrogen and oxygen atoms in total. The van der Waals surface area contributed by atoms with E-state index in [9.17, 15) is 9.90 Å². The minimum absolute atomic E-state index is 0.0887. The van der Waals surface area contributed by atoms with Crippen LogP contribution >= 0.6 is 11.8 Å². The van der Waals surface area contributed by atoms with Crippen LogP contribution in [0.1, 0.15) is 36.1 Å². The smallest absolute Gasteiger partial charge is 0.344 e. The molecular weight excluding hydrogens is 470 g/mol. The third kappa shape index (κ3) is 6.26. The predicted octanol–water partition coefficient (Wildman–Crippen LogP) is 7.33. The first-order chi connectivity index (χ1) is 17.5. The van der Waals surface area contributed by atoms with Crippen LogP contribution in [0.4, 0.5) is 5.69 Å². The van der Waals surface area contributed by atoms with Gasteiger partial charge in [-0.05, 0) is 67.3 Å². The molecule has 1 heterocycles. The minimum atomic E-state index is -0.588. The summed E-state index contributed by atoms with van der Waals surface area (Å²) in [6.45, 7) is 6.58. The van der Waals surface area contributed by atoms with Crippen LogP contribution in [-0.4, -0.2) is 22.7 Å². The van der Waals surface area contributed by atoms with Crippen molar-refractivity contribution in [1.29, 1.82) is 0 Å². The maximum Gasteiger partial charge on any atom is 0.344 e. The molecule has 0 saturated heterocycles. The molecule has 0 aromatic heterocycles. The molecule has 0 amide bonds. The van der Waals surface area contributed by atoms with Crippen molar-refractivity contribution in [3.63, 3.8) is 0 Å². The molecule has 3 aromatic carbocycles. The Morgan fingerprint density at radius 2 is 1.75 bits per heavy atom. The summed E-state index contributed by atoms with van der Waals surface area (Å²) in [4.78, 5) is 17.8. The molecule has 0 fully saturated rings. The van der Waals surface area contributed by atoms with Gasteiger partial charge in [-0.3, -0.25) is 0 Å². The highest BCUT2D eigenvalue weighted by Crippen LogP contribution is 2.40. The second-order valence-electron chi connectivity index (χ2n) is 8.34. The maximum atomic E-state index is 12.6. The van der Waals surface area contributed by atoms with E-state index in [2.05, 4.69) is 31.0 Å². The van der Waals surface area contributed by atoms with E-state index in [0.717, 1.165) is 23.3 Å². The van der Waals surface area contributed by atoms with E-state index in [1.807, 2.05) is 66.7 Å². The third-order valence-electron chi connectivity index (χ3n) is 5.61. The van der Waals surface area contributed by atoms with Crippen molar-refractivity contribution in [1.82, 2.24) is 0 Å². The lowest BCUT2D eigenvalue weighted by atomic mass is 10.1. The largest absolute Gasteiger partial charge is 0.506 e. The van der Waals surface area contributed by atoms with Gasteiger partial charge >= 0.3 is 5.97 Å². The average Bonchev–Trinajstić information content (AvgIpc) is 3.18. The molecule has 184 valence electrons. The van der Waals surface area contributed by atoms with Crippen LogP contribution in [0.15, 0.2) is 94.0 Å². The summed E-state index contributed by atoms with van der Waals surface area (Å²) >= 11 is 1.25. The number of carbonyl (C=O) groups excluding carboxylic acids is 1. The van der Waals surface area contributed by atoms with E-state index in [1.54, 1.807) is 6.92 Å². The number of rotatable bonds is 8. The van der Waals surface area contributed by atoms with Crippen LogP contribution < -0.4 is 4.74 Å². The minimum Gasteiger partial charge on any atom is -0.506 e. The van der Waals surface area contributed by atoms with E-state index < -0.39 is 5.97 Å². The Bertz CT molecular complexity index is 1320. The molecule has 0 aliphatic carbocycles. The van der Waals surface area contributed by atoms with Gasteiger partial charge in [0.25, 0.3) is 0 Å². The quantitative estimate of drug-likeness (QED) is 0.329. The lowest BCUT2D eigenvalue weighted by Crippen LogP contribution is -2.12. The number of hydrogen-bond acceptors (Lipinski definition) is 6. The fraction of sp³-hybridized carbons (Fsp3) is 0.200. The fourth-order valence-electron chi connectivity index (χ4n) is 3.70. The number of aliphatic hydroxyl groups is 1. The van der Waals surface area contributed by atoms with E-state index in [4.69, 9.17) is 9.47 Å². The van der Waals surface area contributed by atoms with Gasteiger partial charge in [0.2, 0.25) is 0 Å². The van der Waals surface area contributed by atoms with Crippen molar-refractivity contribution in [2.75, 3.05) is 6.61 Å². The van der Waals surface area contributed by atoms with E-state index in [0.29, 0.717) is 22.2 Å². The first-order valence-corrected chi connectivity index (χ1v) is 12.7. The fourth-order valence-corrected chi connectivity index (χ4v) is 4.73. The summed E-state index contributed by atoms with van der Waals surface area (Å²) in [5.74, 6) is 0.0411. The zero-order chi connectivity index (χ0) is 25.5. The first-order valence-electron chi connectivity index (χ1n) is 11.9. The van der Waals surface area contributed by atoms with E-state index in [-0.39, 0.29) is 17.9 Å². The molecule has 4 rings (SSSR count). The van der Waals surface area contributed by atoms with Gasteiger partial charge in [-0.1, -0.05) is 72.8 Å². The Hall–Kier alpha value is -3.77. The number of aliphatic hydroxyl groups excluding tert-OH is 1. The third-order valence-corrected chi connectivity index (χ3v) is 6.63. The Morgan fingerprint density at radius 1 is 1.00 bits per heavy atom. The van der Waals surface area contributed by atoms with Gasteiger partial charge in [0, 0.05) is 0 Å². The number of benzene rings is 3. The molecular formula is C30H29NO4S. The van der Waals surface area contributed by atoms with Gasteiger partial charge in [-0.25, -0.2) is 9.79 Å². The molecule has 0 bridgehead atoms. The molecule has 0 spiro atoms. The Balaban J connectivity index is 1.54. The zero-order valence-electron chi connectivity index (χ0n) is 20.7. The number of nitrogens with zero attached hydrogens (tertiary/aromatic N) is 1. The molecule has 6 heteroatoms. The summed E-state index contributed by atoms with van der Waals surface area (Å²) in [6.07, 6.45) is 2.76. The highest BCUT2D eigenvalue weighted by Gasteiger charge is 2.33. The van der Waals surface area contributed by atoms with Crippen LogP contribution in [0, 0.1) is 6.92 Å². The van der Waals surface area contributed by atoms with Gasteiger partial charge in [0.1, 0.15) is 28.7 Å². The van der Waals surface area contributed by atoms with Crippen LogP contribution in [0.25, 0.3) is 6.08 Å². The highest BCUT2D eigenvalue weighted by molar-refractivity contribution is 8.18. The molecule has 1 aliphatic rings. The predicted molar refractivity (Wildman–Crippen MR) is 147 cm³/mol. The number of esters is 1. The van der Waals surface area contributed by atoms with Gasteiger partial charge in [0.15, 0.2) is 0 Å². The van der Waals surface area contributed by atoms with E-state index in [1.165, 1.54) is 22.9 Å². The topological polar surface area (TPSA) is 68.1 Å². The second kappa shape index (κ2) is 11.8.